The summed E-state index contributed by atoms with van der Waals surface area (Å²) < 4.78 is 38.1. The number of H-pyrrole nitrogens is 1. The van der Waals surface area contributed by atoms with Gasteiger partial charge in [0.25, 0.3) is 5.91 Å². The number of hydrogen-bond acceptors (Lipinski definition) is 2. The Labute approximate surface area is 120 Å². The summed E-state index contributed by atoms with van der Waals surface area (Å²) >= 11 is 3.18. The van der Waals surface area contributed by atoms with Crippen LogP contribution in [0.1, 0.15) is 21.7 Å². The zero-order chi connectivity index (χ0) is 14.9. The molecule has 20 heavy (non-hydrogen) atoms. The standard InChI is InChI=1S/C12H9BrF3N3O/c1-6-9(13)10(19-18-6)11(20)17-8-4-2-3-7(5-8)12(14,15)16/h2-5H,1H3,(H,17,20)(H,18,19). The van der Waals surface area contributed by atoms with E-state index in [1.54, 1.807) is 6.92 Å². The predicted molar refractivity (Wildman–Crippen MR) is 70.4 cm³/mol. The molecule has 0 radical (unpaired) electrons. The molecule has 0 aliphatic heterocycles. The summed E-state index contributed by atoms with van der Waals surface area (Å²) in [7, 11) is 0. The first-order chi connectivity index (χ1) is 9.29. The van der Waals surface area contributed by atoms with Crippen molar-refractivity contribution >= 4 is 27.5 Å². The molecule has 2 aromatic rings. The molecule has 0 bridgehead atoms. The van der Waals surface area contributed by atoms with Gasteiger partial charge < -0.3 is 5.32 Å². The summed E-state index contributed by atoms with van der Waals surface area (Å²) in [6.07, 6.45) is -4.45. The summed E-state index contributed by atoms with van der Waals surface area (Å²) in [5.74, 6) is -0.597. The molecule has 0 saturated carbocycles. The van der Waals surface area contributed by atoms with E-state index in [-0.39, 0.29) is 11.4 Å². The number of halogens is 4. The summed E-state index contributed by atoms with van der Waals surface area (Å²) in [5.41, 5.74) is -0.0379. The molecule has 0 spiro atoms. The number of carbonyl (C=O) groups excluding carboxylic acids is 1. The fraction of sp³-hybridized carbons (Fsp3) is 0.167. The Bertz CT molecular complexity index is 652. The zero-order valence-corrected chi connectivity index (χ0v) is 11.8. The lowest BCUT2D eigenvalue weighted by atomic mass is 10.2. The predicted octanol–water partition coefficient (Wildman–Crippen LogP) is 3.75. The van der Waals surface area contributed by atoms with E-state index in [0.717, 1.165) is 12.1 Å². The number of alkyl halides is 3. The Balaban J connectivity index is 2.22. The molecular formula is C12H9BrF3N3O. The van der Waals surface area contributed by atoms with E-state index in [1.807, 2.05) is 0 Å². The van der Waals surface area contributed by atoms with Crippen LogP contribution in [0.3, 0.4) is 0 Å². The minimum atomic E-state index is -4.45. The second-order valence-electron chi connectivity index (χ2n) is 4.04. The molecular weight excluding hydrogens is 339 g/mol. The van der Waals surface area contributed by atoms with E-state index in [0.29, 0.717) is 10.2 Å². The first-order valence-corrected chi connectivity index (χ1v) is 6.27. The van der Waals surface area contributed by atoms with Crippen molar-refractivity contribution in [1.29, 1.82) is 0 Å². The van der Waals surface area contributed by atoms with Gasteiger partial charge in [-0.25, -0.2) is 0 Å². The summed E-state index contributed by atoms with van der Waals surface area (Å²) in [6.45, 7) is 1.71. The first-order valence-electron chi connectivity index (χ1n) is 5.48. The highest BCUT2D eigenvalue weighted by Crippen LogP contribution is 2.30. The molecule has 0 atom stereocenters. The summed E-state index contributed by atoms with van der Waals surface area (Å²) in [4.78, 5) is 11.9. The SMILES string of the molecule is Cc1[nH]nc(C(=O)Nc2cccc(C(F)(F)F)c2)c1Br. The number of hydrogen-bond donors (Lipinski definition) is 2. The average Bonchev–Trinajstić information content (AvgIpc) is 2.69. The molecule has 0 saturated heterocycles. The molecule has 8 heteroatoms. The minimum Gasteiger partial charge on any atom is -0.321 e. The van der Waals surface area contributed by atoms with Gasteiger partial charge in [-0.3, -0.25) is 9.89 Å². The van der Waals surface area contributed by atoms with Gasteiger partial charge in [-0.2, -0.15) is 18.3 Å². The van der Waals surface area contributed by atoms with Crippen LogP contribution < -0.4 is 5.32 Å². The van der Waals surface area contributed by atoms with Gasteiger partial charge in [0.1, 0.15) is 0 Å². The number of benzene rings is 1. The van der Waals surface area contributed by atoms with E-state index in [2.05, 4.69) is 31.4 Å². The van der Waals surface area contributed by atoms with Crippen molar-refractivity contribution < 1.29 is 18.0 Å². The fourth-order valence-corrected chi connectivity index (χ4v) is 1.89. The Morgan fingerprint density at radius 2 is 2.10 bits per heavy atom. The van der Waals surface area contributed by atoms with Crippen LogP contribution >= 0.6 is 15.9 Å². The van der Waals surface area contributed by atoms with Gasteiger partial charge in [0.05, 0.1) is 10.0 Å². The Kier molecular flexibility index (Phi) is 3.85. The highest BCUT2D eigenvalue weighted by molar-refractivity contribution is 9.10. The maximum Gasteiger partial charge on any atom is 0.416 e. The van der Waals surface area contributed by atoms with Gasteiger partial charge >= 0.3 is 6.18 Å². The Hall–Kier alpha value is -1.83. The molecule has 0 unspecified atom stereocenters. The van der Waals surface area contributed by atoms with Gasteiger partial charge in [-0.1, -0.05) is 6.07 Å². The zero-order valence-electron chi connectivity index (χ0n) is 10.2. The van der Waals surface area contributed by atoms with Crippen molar-refractivity contribution in [3.8, 4) is 0 Å². The number of aromatic amines is 1. The van der Waals surface area contributed by atoms with Gasteiger partial charge in [-0.15, -0.1) is 0 Å². The van der Waals surface area contributed by atoms with Crippen molar-refractivity contribution in [1.82, 2.24) is 10.2 Å². The summed E-state index contributed by atoms with van der Waals surface area (Å²) in [6, 6.07) is 4.40. The van der Waals surface area contributed by atoms with Crippen molar-refractivity contribution in [2.45, 2.75) is 13.1 Å². The van der Waals surface area contributed by atoms with Gasteiger partial charge in [0.15, 0.2) is 5.69 Å². The van der Waals surface area contributed by atoms with Crippen LogP contribution in [0.4, 0.5) is 18.9 Å². The van der Waals surface area contributed by atoms with E-state index in [1.165, 1.54) is 12.1 Å². The number of nitrogens with zero attached hydrogens (tertiary/aromatic N) is 1. The number of rotatable bonds is 2. The van der Waals surface area contributed by atoms with Gasteiger partial charge in [0.2, 0.25) is 0 Å². The van der Waals surface area contributed by atoms with Crippen molar-refractivity contribution in [3.63, 3.8) is 0 Å². The monoisotopic (exact) mass is 347 g/mol. The van der Waals surface area contributed by atoms with Crippen LogP contribution in [0.25, 0.3) is 0 Å². The fourth-order valence-electron chi connectivity index (χ4n) is 1.53. The lowest BCUT2D eigenvalue weighted by Gasteiger charge is -2.09. The Morgan fingerprint density at radius 1 is 1.40 bits per heavy atom. The topological polar surface area (TPSA) is 57.8 Å². The van der Waals surface area contributed by atoms with Crippen LogP contribution in [0.2, 0.25) is 0 Å². The summed E-state index contributed by atoms with van der Waals surface area (Å²) in [5, 5.41) is 8.75. The molecule has 2 rings (SSSR count). The van der Waals surface area contributed by atoms with Crippen molar-refractivity contribution in [2.24, 2.45) is 0 Å². The number of aromatic nitrogens is 2. The molecule has 1 aromatic heterocycles. The number of aryl methyl sites for hydroxylation is 1. The molecule has 1 amide bonds. The molecule has 0 aliphatic carbocycles. The molecule has 1 heterocycles. The maximum absolute atomic E-state index is 12.6. The molecule has 1 aromatic carbocycles. The van der Waals surface area contributed by atoms with Crippen LogP contribution in [0, 0.1) is 6.92 Å². The van der Waals surface area contributed by atoms with Crippen molar-refractivity contribution in [2.75, 3.05) is 5.32 Å². The Morgan fingerprint density at radius 3 is 2.65 bits per heavy atom. The largest absolute Gasteiger partial charge is 0.416 e. The van der Waals surface area contributed by atoms with Gasteiger partial charge in [-0.05, 0) is 41.1 Å². The third-order valence-electron chi connectivity index (χ3n) is 2.54. The third-order valence-corrected chi connectivity index (χ3v) is 3.51. The second-order valence-corrected chi connectivity index (χ2v) is 4.84. The lowest BCUT2D eigenvalue weighted by Crippen LogP contribution is -2.14. The average molecular weight is 348 g/mol. The van der Waals surface area contributed by atoms with Crippen LogP contribution in [0.5, 0.6) is 0 Å². The number of anilines is 1. The number of carbonyl (C=O) groups is 1. The number of nitrogens with one attached hydrogen (secondary N) is 2. The third kappa shape index (κ3) is 3.01. The van der Waals surface area contributed by atoms with E-state index >= 15 is 0 Å². The van der Waals surface area contributed by atoms with E-state index in [9.17, 15) is 18.0 Å². The molecule has 106 valence electrons. The van der Waals surface area contributed by atoms with Crippen LogP contribution in [-0.4, -0.2) is 16.1 Å². The minimum absolute atomic E-state index is 0.0531. The maximum atomic E-state index is 12.6. The van der Waals surface area contributed by atoms with Crippen LogP contribution in [-0.2, 0) is 6.18 Å². The quantitative estimate of drug-likeness (QED) is 0.869. The van der Waals surface area contributed by atoms with E-state index in [4.69, 9.17) is 0 Å². The normalized spacial score (nSPS) is 11.4. The molecule has 4 nitrogen and oxygen atoms in total. The lowest BCUT2D eigenvalue weighted by molar-refractivity contribution is -0.137. The molecule has 0 aliphatic rings. The first kappa shape index (κ1) is 14.6. The van der Waals surface area contributed by atoms with E-state index < -0.39 is 17.6 Å². The highest BCUT2D eigenvalue weighted by atomic mass is 79.9. The van der Waals surface area contributed by atoms with Crippen molar-refractivity contribution in [3.05, 3.63) is 45.7 Å². The second kappa shape index (κ2) is 5.28. The smallest absolute Gasteiger partial charge is 0.321 e. The van der Waals surface area contributed by atoms with Crippen LogP contribution in [0.15, 0.2) is 28.7 Å². The number of amides is 1. The highest BCUT2D eigenvalue weighted by Gasteiger charge is 2.30. The molecule has 0 fully saturated rings. The molecule has 2 N–H and O–H groups in total. The van der Waals surface area contributed by atoms with Gasteiger partial charge in [0, 0.05) is 11.4 Å².